The van der Waals surface area contributed by atoms with Crippen LogP contribution in [0.3, 0.4) is 0 Å². The van der Waals surface area contributed by atoms with E-state index >= 15 is 0 Å². The van der Waals surface area contributed by atoms with E-state index in [0.717, 1.165) is 25.9 Å². The maximum Gasteiger partial charge on any atom is 0.241 e. The van der Waals surface area contributed by atoms with Crippen molar-refractivity contribution in [3.05, 3.63) is 0 Å². The lowest BCUT2D eigenvalue weighted by molar-refractivity contribution is -0.136. The van der Waals surface area contributed by atoms with Gasteiger partial charge in [0.05, 0.1) is 6.54 Å². The normalized spacial score (nSPS) is 18.0. The smallest absolute Gasteiger partial charge is 0.241 e. The van der Waals surface area contributed by atoms with E-state index in [1.54, 1.807) is 0 Å². The molecular weight excluding hydrogens is 216 g/mol. The molecule has 0 bridgehead atoms. The molecule has 2 amide bonds. The van der Waals surface area contributed by atoms with Gasteiger partial charge in [-0.15, -0.1) is 0 Å². The van der Waals surface area contributed by atoms with Gasteiger partial charge in [0, 0.05) is 18.5 Å². The van der Waals surface area contributed by atoms with Gasteiger partial charge in [-0.2, -0.15) is 0 Å². The molecule has 0 aliphatic carbocycles. The Hall–Kier alpha value is -1.06. The molecule has 0 aromatic rings. The van der Waals surface area contributed by atoms with Gasteiger partial charge >= 0.3 is 0 Å². The number of nitrogens with one attached hydrogen (secondary N) is 1. The molecule has 4 heteroatoms. The maximum absolute atomic E-state index is 11.8. The number of rotatable bonds is 2. The molecular formula is C13H24N2O2. The minimum Gasteiger partial charge on any atom is -0.347 e. The molecule has 0 unspecified atom stereocenters. The van der Waals surface area contributed by atoms with E-state index in [1.165, 1.54) is 0 Å². The van der Waals surface area contributed by atoms with Crippen LogP contribution in [0.15, 0.2) is 0 Å². The fourth-order valence-electron chi connectivity index (χ4n) is 1.79. The van der Waals surface area contributed by atoms with Crippen LogP contribution in [0.4, 0.5) is 0 Å². The van der Waals surface area contributed by atoms with Gasteiger partial charge < -0.3 is 10.2 Å². The lowest BCUT2D eigenvalue weighted by Crippen LogP contribution is -2.45. The zero-order valence-corrected chi connectivity index (χ0v) is 11.4. The number of carbonyl (C=O) groups is 2. The lowest BCUT2D eigenvalue weighted by atomic mass is 9.96. The molecule has 0 saturated carbocycles. The summed E-state index contributed by atoms with van der Waals surface area (Å²) in [7, 11) is 0. The first-order valence-electron chi connectivity index (χ1n) is 6.37. The van der Waals surface area contributed by atoms with Gasteiger partial charge in [0.2, 0.25) is 11.8 Å². The van der Waals surface area contributed by atoms with Crippen molar-refractivity contribution in [2.75, 3.05) is 19.6 Å². The first kappa shape index (κ1) is 14.0. The highest BCUT2D eigenvalue weighted by Crippen LogP contribution is 2.16. The molecule has 1 aliphatic rings. The van der Waals surface area contributed by atoms with E-state index in [0.29, 0.717) is 5.92 Å². The van der Waals surface area contributed by atoms with Crippen LogP contribution in [0.5, 0.6) is 0 Å². The Morgan fingerprint density at radius 2 is 1.76 bits per heavy atom. The summed E-state index contributed by atoms with van der Waals surface area (Å²) in [5.74, 6) is 0.675. The Balaban J connectivity index is 2.33. The summed E-state index contributed by atoms with van der Waals surface area (Å²) in [6.07, 6.45) is 2.14. The Kier molecular flexibility index (Phi) is 4.54. The van der Waals surface area contributed by atoms with Gasteiger partial charge in [-0.3, -0.25) is 9.59 Å². The summed E-state index contributed by atoms with van der Waals surface area (Å²) in [6, 6.07) is 0. The third kappa shape index (κ3) is 4.36. The molecule has 98 valence electrons. The van der Waals surface area contributed by atoms with Crippen LogP contribution >= 0.6 is 0 Å². The number of amides is 2. The summed E-state index contributed by atoms with van der Waals surface area (Å²) in [5, 5.41) is 2.70. The Bertz CT molecular complexity index is 286. The highest BCUT2D eigenvalue weighted by molar-refractivity contribution is 5.87. The average molecular weight is 240 g/mol. The van der Waals surface area contributed by atoms with Crippen molar-refractivity contribution in [2.24, 2.45) is 11.3 Å². The molecule has 1 heterocycles. The molecule has 0 aromatic heterocycles. The van der Waals surface area contributed by atoms with Crippen molar-refractivity contribution in [3.8, 4) is 0 Å². The van der Waals surface area contributed by atoms with E-state index in [4.69, 9.17) is 0 Å². The van der Waals surface area contributed by atoms with Crippen molar-refractivity contribution >= 4 is 11.8 Å². The van der Waals surface area contributed by atoms with Crippen molar-refractivity contribution < 1.29 is 9.59 Å². The van der Waals surface area contributed by atoms with Gasteiger partial charge in [0.25, 0.3) is 0 Å². The fourth-order valence-corrected chi connectivity index (χ4v) is 1.79. The van der Waals surface area contributed by atoms with Gasteiger partial charge in [0.1, 0.15) is 0 Å². The lowest BCUT2D eigenvalue weighted by Gasteiger charge is -2.30. The van der Waals surface area contributed by atoms with Crippen LogP contribution in [0.1, 0.15) is 40.5 Å². The highest BCUT2D eigenvalue weighted by Gasteiger charge is 2.24. The predicted octanol–water partition coefficient (Wildman–Crippen LogP) is 1.41. The number of carbonyl (C=O) groups excluding carboxylic acids is 2. The van der Waals surface area contributed by atoms with Gasteiger partial charge in [-0.1, -0.05) is 27.7 Å². The summed E-state index contributed by atoms with van der Waals surface area (Å²) < 4.78 is 0. The molecule has 0 radical (unpaired) electrons. The highest BCUT2D eigenvalue weighted by atomic mass is 16.2. The molecule has 0 spiro atoms. The minimum absolute atomic E-state index is 0.0366. The van der Waals surface area contributed by atoms with Gasteiger partial charge in [-0.05, 0) is 18.8 Å². The second-order valence-electron chi connectivity index (χ2n) is 6.00. The fraction of sp³-hybridized carbons (Fsp3) is 0.846. The number of nitrogens with zero attached hydrogens (tertiary/aromatic N) is 1. The Labute approximate surface area is 104 Å². The number of likely N-dealkylation sites (tertiary alicyclic amines) is 1. The van der Waals surface area contributed by atoms with Gasteiger partial charge in [0.15, 0.2) is 0 Å². The molecule has 1 N–H and O–H groups in total. The van der Waals surface area contributed by atoms with Crippen molar-refractivity contribution in [2.45, 2.75) is 40.5 Å². The number of piperidine rings is 1. The average Bonchev–Trinajstić information content (AvgIpc) is 2.25. The molecule has 0 aromatic carbocycles. The summed E-state index contributed by atoms with van der Waals surface area (Å²) in [6.45, 7) is 9.52. The van der Waals surface area contributed by atoms with E-state index < -0.39 is 5.41 Å². The maximum atomic E-state index is 11.8. The first-order valence-corrected chi connectivity index (χ1v) is 6.37. The Morgan fingerprint density at radius 3 is 2.24 bits per heavy atom. The quantitative estimate of drug-likeness (QED) is 0.793. The molecule has 1 fully saturated rings. The van der Waals surface area contributed by atoms with Crippen molar-refractivity contribution in [3.63, 3.8) is 0 Å². The van der Waals surface area contributed by atoms with Crippen LogP contribution in [-0.4, -0.2) is 36.3 Å². The van der Waals surface area contributed by atoms with Crippen LogP contribution in [0.2, 0.25) is 0 Å². The van der Waals surface area contributed by atoms with Crippen LogP contribution in [-0.2, 0) is 9.59 Å². The minimum atomic E-state index is -0.434. The molecule has 0 atom stereocenters. The predicted molar refractivity (Wildman–Crippen MR) is 67.4 cm³/mol. The molecule has 1 saturated heterocycles. The second-order valence-corrected chi connectivity index (χ2v) is 6.00. The zero-order valence-electron chi connectivity index (χ0n) is 11.4. The Morgan fingerprint density at radius 1 is 1.24 bits per heavy atom. The number of hydrogen-bond donors (Lipinski definition) is 1. The van der Waals surface area contributed by atoms with Crippen LogP contribution < -0.4 is 5.32 Å². The third-order valence-electron chi connectivity index (χ3n) is 3.22. The molecule has 1 aliphatic heterocycles. The van der Waals surface area contributed by atoms with Crippen molar-refractivity contribution in [1.82, 2.24) is 10.2 Å². The van der Waals surface area contributed by atoms with E-state index in [9.17, 15) is 9.59 Å². The summed E-state index contributed by atoms with van der Waals surface area (Å²) in [5.41, 5.74) is -0.434. The van der Waals surface area contributed by atoms with Crippen LogP contribution in [0.25, 0.3) is 0 Å². The third-order valence-corrected chi connectivity index (χ3v) is 3.22. The van der Waals surface area contributed by atoms with Crippen molar-refractivity contribution in [1.29, 1.82) is 0 Å². The molecule has 17 heavy (non-hydrogen) atoms. The van der Waals surface area contributed by atoms with E-state index in [1.807, 2.05) is 25.7 Å². The SMILES string of the molecule is CC1CCN(C(=O)CNC(=O)C(C)(C)C)CC1. The topological polar surface area (TPSA) is 49.4 Å². The second kappa shape index (κ2) is 5.52. The van der Waals surface area contributed by atoms with Crippen LogP contribution in [0, 0.1) is 11.3 Å². The summed E-state index contributed by atoms with van der Waals surface area (Å²) >= 11 is 0. The van der Waals surface area contributed by atoms with E-state index in [-0.39, 0.29) is 18.4 Å². The number of hydrogen-bond acceptors (Lipinski definition) is 2. The van der Waals surface area contributed by atoms with E-state index in [2.05, 4.69) is 12.2 Å². The summed E-state index contributed by atoms with van der Waals surface area (Å²) in [4.78, 5) is 25.3. The van der Waals surface area contributed by atoms with Gasteiger partial charge in [-0.25, -0.2) is 0 Å². The zero-order chi connectivity index (χ0) is 13.1. The molecule has 1 rings (SSSR count). The largest absolute Gasteiger partial charge is 0.347 e. The monoisotopic (exact) mass is 240 g/mol. The first-order chi connectivity index (χ1) is 7.80. The standard InChI is InChI=1S/C13H24N2O2/c1-10-5-7-15(8-6-10)11(16)9-14-12(17)13(2,3)4/h10H,5-9H2,1-4H3,(H,14,17). The molecule has 4 nitrogen and oxygen atoms in total.